The Morgan fingerprint density at radius 2 is 1.82 bits per heavy atom. The molecule has 0 aliphatic heterocycles. The van der Waals surface area contributed by atoms with Crippen LogP contribution < -0.4 is 4.74 Å². The highest BCUT2D eigenvalue weighted by atomic mass is 79.9. The smallest absolute Gasteiger partial charge is 0.231 e. The topological polar surface area (TPSA) is 52.8 Å². The molecule has 5 aromatic rings. The molecule has 3 heterocycles. The molecule has 1 aliphatic carbocycles. The van der Waals surface area contributed by atoms with Crippen molar-refractivity contribution in [1.29, 1.82) is 0 Å². The number of hydrogen-bond donors (Lipinski definition) is 0. The summed E-state index contributed by atoms with van der Waals surface area (Å²) in [5.74, 6) is 2.93. The first-order valence-electron chi connectivity index (χ1n) is 11.2. The van der Waals surface area contributed by atoms with Gasteiger partial charge in [-0.1, -0.05) is 15.9 Å². The number of thioether (sulfide) groups is 1. The second-order valence-corrected chi connectivity index (χ2v) is 11.2. The molecule has 0 saturated carbocycles. The fraction of sp³-hybridized carbons (Fsp3) is 0.192. The van der Waals surface area contributed by atoms with Gasteiger partial charge in [-0.15, -0.1) is 23.1 Å². The Hall–Kier alpha value is -2.68. The van der Waals surface area contributed by atoms with E-state index in [9.17, 15) is 0 Å². The SMILES string of the molecule is Brc1ccc(SCc2nc(Oc3ccc(-n4ccnc4)cc3)c3c4c(sc3n2)CCCC4)cc1. The second-order valence-electron chi connectivity index (χ2n) is 8.14. The molecule has 1 aliphatic rings. The molecule has 0 atom stereocenters. The lowest BCUT2D eigenvalue weighted by Crippen LogP contribution is -2.01. The molecule has 2 aromatic carbocycles. The van der Waals surface area contributed by atoms with Crippen molar-refractivity contribution < 1.29 is 4.74 Å². The molecule has 0 radical (unpaired) electrons. The van der Waals surface area contributed by atoms with Gasteiger partial charge in [-0.2, -0.15) is 4.98 Å². The molecular weight excluding hydrogens is 528 g/mol. The Morgan fingerprint density at radius 3 is 2.62 bits per heavy atom. The highest BCUT2D eigenvalue weighted by Gasteiger charge is 2.22. The van der Waals surface area contributed by atoms with E-state index in [2.05, 4.69) is 45.2 Å². The van der Waals surface area contributed by atoms with Crippen LogP contribution in [0.3, 0.4) is 0 Å². The van der Waals surface area contributed by atoms with E-state index in [0.717, 1.165) is 44.8 Å². The summed E-state index contributed by atoms with van der Waals surface area (Å²) in [5, 5.41) is 1.09. The minimum absolute atomic E-state index is 0.672. The maximum absolute atomic E-state index is 6.41. The van der Waals surface area contributed by atoms with Crippen LogP contribution in [0.1, 0.15) is 29.1 Å². The molecule has 0 bridgehead atoms. The molecule has 170 valence electrons. The second kappa shape index (κ2) is 9.52. The molecule has 0 unspecified atom stereocenters. The van der Waals surface area contributed by atoms with Crippen molar-refractivity contribution in [2.45, 2.75) is 36.3 Å². The average molecular weight is 550 g/mol. The normalized spacial score (nSPS) is 13.2. The van der Waals surface area contributed by atoms with Gasteiger partial charge in [0.05, 0.1) is 17.5 Å². The van der Waals surface area contributed by atoms with Crippen LogP contribution in [0.5, 0.6) is 11.6 Å². The Morgan fingerprint density at radius 1 is 1.00 bits per heavy atom. The molecule has 8 heteroatoms. The fourth-order valence-electron chi connectivity index (χ4n) is 4.19. The summed E-state index contributed by atoms with van der Waals surface area (Å²) in [4.78, 5) is 17.7. The molecule has 0 spiro atoms. The summed E-state index contributed by atoms with van der Waals surface area (Å²) in [6.45, 7) is 0. The number of thiophene rings is 1. The van der Waals surface area contributed by atoms with E-state index < -0.39 is 0 Å². The Bertz CT molecular complexity index is 1430. The summed E-state index contributed by atoms with van der Waals surface area (Å²) < 4.78 is 9.46. The molecule has 3 aromatic heterocycles. The minimum Gasteiger partial charge on any atom is -0.438 e. The predicted octanol–water partition coefficient (Wildman–Crippen LogP) is 7.60. The van der Waals surface area contributed by atoms with Crippen LogP contribution in [0, 0.1) is 0 Å². The van der Waals surface area contributed by atoms with E-state index in [1.54, 1.807) is 35.6 Å². The van der Waals surface area contributed by atoms with E-state index in [-0.39, 0.29) is 0 Å². The number of imidazole rings is 1. The molecule has 0 amide bonds. The maximum atomic E-state index is 6.41. The van der Waals surface area contributed by atoms with Crippen LogP contribution in [0.25, 0.3) is 15.9 Å². The lowest BCUT2D eigenvalue weighted by molar-refractivity contribution is 0.466. The number of aryl methyl sites for hydroxylation is 2. The van der Waals surface area contributed by atoms with Crippen LogP contribution in [0.15, 0.2) is 76.6 Å². The van der Waals surface area contributed by atoms with Crippen LogP contribution in [0.2, 0.25) is 0 Å². The minimum atomic E-state index is 0.672. The van der Waals surface area contributed by atoms with Crippen molar-refractivity contribution in [1.82, 2.24) is 19.5 Å². The van der Waals surface area contributed by atoms with Gasteiger partial charge in [-0.3, -0.25) is 0 Å². The zero-order chi connectivity index (χ0) is 22.9. The Kier molecular flexibility index (Phi) is 6.11. The van der Waals surface area contributed by atoms with Gasteiger partial charge in [-0.25, -0.2) is 9.97 Å². The van der Waals surface area contributed by atoms with Gasteiger partial charge < -0.3 is 9.30 Å². The van der Waals surface area contributed by atoms with Gasteiger partial charge >= 0.3 is 0 Å². The number of ether oxygens (including phenoxy) is 1. The van der Waals surface area contributed by atoms with Crippen molar-refractivity contribution in [2.24, 2.45) is 0 Å². The summed E-state index contributed by atoms with van der Waals surface area (Å²) in [7, 11) is 0. The molecule has 6 rings (SSSR count). The first-order valence-corrected chi connectivity index (χ1v) is 13.8. The van der Waals surface area contributed by atoms with E-state index in [1.165, 1.54) is 28.2 Å². The van der Waals surface area contributed by atoms with Crippen LogP contribution >= 0.6 is 39.0 Å². The highest BCUT2D eigenvalue weighted by Crippen LogP contribution is 2.41. The largest absolute Gasteiger partial charge is 0.438 e. The Balaban J connectivity index is 1.33. The van der Waals surface area contributed by atoms with Gasteiger partial charge in [0.2, 0.25) is 5.88 Å². The van der Waals surface area contributed by atoms with Crippen molar-refractivity contribution in [3.63, 3.8) is 0 Å². The van der Waals surface area contributed by atoms with Crippen LogP contribution in [-0.2, 0) is 18.6 Å². The van der Waals surface area contributed by atoms with Crippen molar-refractivity contribution in [3.05, 3.63) is 88.0 Å². The van der Waals surface area contributed by atoms with Gasteiger partial charge in [0, 0.05) is 32.3 Å². The standard InChI is InChI=1S/C26H21BrN4OS2/c27-17-5-11-20(12-6-17)33-15-23-29-25(24-21-3-1-2-4-22(21)34-26(24)30-23)32-19-9-7-18(8-10-19)31-14-13-28-16-31/h5-14,16H,1-4,15H2. The molecule has 0 saturated heterocycles. The summed E-state index contributed by atoms with van der Waals surface area (Å²) in [5.41, 5.74) is 2.42. The van der Waals surface area contributed by atoms with Crippen LogP contribution in [0.4, 0.5) is 0 Å². The van der Waals surface area contributed by atoms with Crippen molar-refractivity contribution in [3.8, 4) is 17.3 Å². The van der Waals surface area contributed by atoms with Crippen molar-refractivity contribution in [2.75, 3.05) is 0 Å². The van der Waals surface area contributed by atoms with Gasteiger partial charge in [0.1, 0.15) is 16.4 Å². The van der Waals surface area contributed by atoms with E-state index in [0.29, 0.717) is 11.6 Å². The van der Waals surface area contributed by atoms with E-state index in [4.69, 9.17) is 14.7 Å². The predicted molar refractivity (Wildman–Crippen MR) is 141 cm³/mol. The number of halogens is 1. The number of hydrogen-bond acceptors (Lipinski definition) is 6. The quantitative estimate of drug-likeness (QED) is 0.204. The third kappa shape index (κ3) is 4.50. The number of benzene rings is 2. The number of fused-ring (bicyclic) bond motifs is 3. The van der Waals surface area contributed by atoms with Gasteiger partial charge in [-0.05, 0) is 79.8 Å². The fourth-order valence-corrected chi connectivity index (χ4v) is 6.48. The summed E-state index contributed by atoms with van der Waals surface area (Å²) in [6, 6.07) is 16.4. The highest BCUT2D eigenvalue weighted by molar-refractivity contribution is 9.10. The first kappa shape index (κ1) is 21.8. The average Bonchev–Trinajstić information content (AvgIpc) is 3.52. The molecule has 5 nitrogen and oxygen atoms in total. The van der Waals surface area contributed by atoms with Crippen LogP contribution in [-0.4, -0.2) is 19.5 Å². The maximum Gasteiger partial charge on any atom is 0.231 e. The first-order chi connectivity index (χ1) is 16.7. The van der Waals surface area contributed by atoms with E-state index in [1.807, 2.05) is 35.0 Å². The van der Waals surface area contributed by atoms with Gasteiger partial charge in [0.15, 0.2) is 0 Å². The lowest BCUT2D eigenvalue weighted by Gasteiger charge is -2.13. The van der Waals surface area contributed by atoms with Crippen molar-refractivity contribution >= 4 is 49.2 Å². The summed E-state index contributed by atoms with van der Waals surface area (Å²) >= 11 is 7.04. The third-order valence-electron chi connectivity index (χ3n) is 5.86. The summed E-state index contributed by atoms with van der Waals surface area (Å²) in [6.07, 6.45) is 10.1. The molecular formula is C26H21BrN4OS2. The molecule has 0 fully saturated rings. The third-order valence-corrected chi connectivity index (χ3v) is 8.59. The Labute approximate surface area is 214 Å². The zero-order valence-electron chi connectivity index (χ0n) is 18.3. The monoisotopic (exact) mass is 548 g/mol. The molecule has 0 N–H and O–H groups in total. The lowest BCUT2D eigenvalue weighted by atomic mass is 9.97. The number of rotatable bonds is 6. The van der Waals surface area contributed by atoms with Gasteiger partial charge in [0.25, 0.3) is 0 Å². The number of nitrogens with zero attached hydrogens (tertiary/aromatic N) is 4. The number of aromatic nitrogens is 4. The van der Waals surface area contributed by atoms with E-state index >= 15 is 0 Å². The molecule has 34 heavy (non-hydrogen) atoms. The zero-order valence-corrected chi connectivity index (χ0v) is 21.5.